The van der Waals surface area contributed by atoms with Gasteiger partial charge in [-0.05, 0) is 48.7 Å². The molecule has 2 aromatic carbocycles. The van der Waals surface area contributed by atoms with E-state index >= 15 is 0 Å². The number of amides is 1. The Morgan fingerprint density at radius 3 is 2.30 bits per heavy atom. The summed E-state index contributed by atoms with van der Waals surface area (Å²) in [5, 5.41) is 29.8. The number of nitrogens with zero attached hydrogens (tertiary/aromatic N) is 1. The molecule has 0 bridgehead atoms. The van der Waals surface area contributed by atoms with E-state index in [4.69, 9.17) is 60.6 Å². The zero-order chi connectivity index (χ0) is 27.5. The number of rotatable bonds is 9. The third kappa shape index (κ3) is 7.03. The van der Waals surface area contributed by atoms with Crippen molar-refractivity contribution in [1.29, 1.82) is 0 Å². The Labute approximate surface area is 231 Å². The third-order valence-electron chi connectivity index (χ3n) is 5.34. The molecule has 14 heteroatoms. The highest BCUT2D eigenvalue weighted by atomic mass is 35.6. The maximum atomic E-state index is 12.9. The molecule has 2 atom stereocenters. The van der Waals surface area contributed by atoms with Crippen LogP contribution in [0.3, 0.4) is 0 Å². The van der Waals surface area contributed by atoms with Crippen LogP contribution >= 0.6 is 46.4 Å². The van der Waals surface area contributed by atoms with Crippen LogP contribution < -0.4 is 9.47 Å². The summed E-state index contributed by atoms with van der Waals surface area (Å²) in [5.74, 6) is -6.73. The molecule has 0 fully saturated rings. The van der Waals surface area contributed by atoms with E-state index < -0.39 is 46.4 Å². The molecule has 10 nitrogen and oxygen atoms in total. The van der Waals surface area contributed by atoms with Crippen molar-refractivity contribution in [2.45, 2.75) is 35.1 Å². The van der Waals surface area contributed by atoms with Crippen molar-refractivity contribution in [3.05, 3.63) is 58.6 Å². The van der Waals surface area contributed by atoms with E-state index in [1.54, 1.807) is 37.3 Å². The van der Waals surface area contributed by atoms with Gasteiger partial charge in [0.2, 0.25) is 3.79 Å². The predicted molar refractivity (Wildman–Crippen MR) is 134 cm³/mol. The van der Waals surface area contributed by atoms with Crippen LogP contribution in [0, 0.1) is 0 Å². The second-order valence-electron chi connectivity index (χ2n) is 8.16. The number of halogens is 4. The van der Waals surface area contributed by atoms with Gasteiger partial charge in [-0.1, -0.05) is 64.6 Å². The number of aliphatic carboxylic acids is 2. The van der Waals surface area contributed by atoms with Gasteiger partial charge < -0.3 is 34.4 Å². The van der Waals surface area contributed by atoms with Crippen molar-refractivity contribution < 1.29 is 43.9 Å². The predicted octanol–water partition coefficient (Wildman–Crippen LogP) is 4.45. The van der Waals surface area contributed by atoms with Crippen LogP contribution in [0.5, 0.6) is 11.5 Å². The number of aliphatic hydroxyl groups is 1. The summed E-state index contributed by atoms with van der Waals surface area (Å²) in [6.45, 7) is 0.931. The summed E-state index contributed by atoms with van der Waals surface area (Å²) in [6.07, 6.45) is -1.84. The molecule has 1 heterocycles. The molecular formula is C23H21Cl4NO9. The Bertz CT molecular complexity index is 1170. The molecular weight excluding hydrogens is 576 g/mol. The summed E-state index contributed by atoms with van der Waals surface area (Å²) >= 11 is 23.1. The van der Waals surface area contributed by atoms with Gasteiger partial charge in [0.25, 0.3) is 0 Å². The van der Waals surface area contributed by atoms with Gasteiger partial charge >= 0.3 is 23.8 Å². The van der Waals surface area contributed by atoms with E-state index in [0.717, 1.165) is 0 Å². The van der Waals surface area contributed by atoms with E-state index in [2.05, 4.69) is 0 Å². The quantitative estimate of drug-likeness (QED) is 0.282. The first-order valence-electron chi connectivity index (χ1n) is 10.6. The number of ether oxygens (including phenoxy) is 3. The van der Waals surface area contributed by atoms with Crippen molar-refractivity contribution in [2.75, 3.05) is 13.2 Å². The molecule has 0 saturated carbocycles. The Morgan fingerprint density at radius 2 is 1.70 bits per heavy atom. The van der Waals surface area contributed by atoms with Gasteiger partial charge in [-0.2, -0.15) is 0 Å². The molecule has 1 aliphatic rings. The maximum absolute atomic E-state index is 12.9. The third-order valence-corrected chi connectivity index (χ3v) is 5.90. The molecule has 2 aromatic rings. The van der Waals surface area contributed by atoms with E-state index in [-0.39, 0.29) is 24.5 Å². The summed E-state index contributed by atoms with van der Waals surface area (Å²) in [5.41, 5.74) is 0.999. The SMILES string of the molecule is C[C@H](Cc1ccc2c(c1)OC(C(=O)O)(C(=O)O)O2)N(C[C@H](O)c1cccc(Cl)c1)C(=O)OCC(Cl)(Cl)Cl. The molecule has 0 aromatic heterocycles. The Morgan fingerprint density at radius 1 is 1.05 bits per heavy atom. The van der Waals surface area contributed by atoms with E-state index in [1.165, 1.54) is 17.0 Å². The monoisotopic (exact) mass is 595 g/mol. The van der Waals surface area contributed by atoms with Crippen molar-refractivity contribution in [2.24, 2.45) is 0 Å². The van der Waals surface area contributed by atoms with Gasteiger partial charge in [0.05, 0.1) is 12.6 Å². The molecule has 0 radical (unpaired) electrons. The minimum absolute atomic E-state index is 0.0727. The second kappa shape index (κ2) is 11.4. The smallest absolute Gasteiger partial charge is 0.453 e. The van der Waals surface area contributed by atoms with E-state index in [0.29, 0.717) is 16.1 Å². The highest BCUT2D eigenvalue weighted by Gasteiger charge is 2.57. The lowest BCUT2D eigenvalue weighted by molar-refractivity contribution is -0.194. The minimum Gasteiger partial charge on any atom is -0.475 e. The number of alkyl halides is 3. The number of hydrogen-bond donors (Lipinski definition) is 3. The van der Waals surface area contributed by atoms with Crippen molar-refractivity contribution in [3.63, 3.8) is 0 Å². The van der Waals surface area contributed by atoms with Gasteiger partial charge in [0.15, 0.2) is 11.5 Å². The molecule has 0 unspecified atom stereocenters. The van der Waals surface area contributed by atoms with Crippen LogP contribution in [0.2, 0.25) is 5.02 Å². The number of carbonyl (C=O) groups excluding carboxylic acids is 1. The van der Waals surface area contributed by atoms with Crippen LogP contribution in [-0.4, -0.2) is 67.0 Å². The molecule has 200 valence electrons. The van der Waals surface area contributed by atoms with Crippen LogP contribution in [0.4, 0.5) is 4.79 Å². The van der Waals surface area contributed by atoms with Gasteiger partial charge in [0.1, 0.15) is 6.61 Å². The molecule has 1 amide bonds. The first-order valence-corrected chi connectivity index (χ1v) is 12.1. The van der Waals surface area contributed by atoms with Crippen LogP contribution in [0.15, 0.2) is 42.5 Å². The van der Waals surface area contributed by atoms with Crippen LogP contribution in [0.25, 0.3) is 0 Å². The molecule has 0 saturated heterocycles. The highest BCUT2D eigenvalue weighted by molar-refractivity contribution is 6.67. The lowest BCUT2D eigenvalue weighted by Gasteiger charge is -2.31. The first kappa shape index (κ1) is 28.9. The largest absolute Gasteiger partial charge is 0.475 e. The Kier molecular flexibility index (Phi) is 8.92. The van der Waals surface area contributed by atoms with Crippen LogP contribution in [0.1, 0.15) is 24.2 Å². The first-order chi connectivity index (χ1) is 17.2. The maximum Gasteiger partial charge on any atom is 0.453 e. The average molecular weight is 597 g/mol. The summed E-state index contributed by atoms with van der Waals surface area (Å²) in [6, 6.07) is 10.2. The number of carboxylic acids is 2. The standard InChI is InChI=1S/C23H21Cl4NO9/c1-12(7-13-5-6-17-18(8-13)37-23(36-17,19(30)31)20(32)33)28(21(34)35-11-22(25,26)27)10-16(29)14-3-2-4-15(24)9-14/h2-6,8-9,12,16,29H,7,10-11H2,1H3,(H,30,31)(H,32,33)/t12-,16+/m1/s1. The van der Waals surface area contributed by atoms with Gasteiger partial charge in [-0.3, -0.25) is 0 Å². The number of carbonyl (C=O) groups is 3. The average Bonchev–Trinajstić information content (AvgIpc) is 3.21. The lowest BCUT2D eigenvalue weighted by atomic mass is 10.0. The van der Waals surface area contributed by atoms with Crippen molar-refractivity contribution >= 4 is 64.4 Å². The topological polar surface area (TPSA) is 143 Å². The molecule has 1 aliphatic heterocycles. The van der Waals surface area contributed by atoms with Crippen LogP contribution in [-0.2, 0) is 20.7 Å². The van der Waals surface area contributed by atoms with Gasteiger partial charge in [-0.25, -0.2) is 14.4 Å². The summed E-state index contributed by atoms with van der Waals surface area (Å²) in [4.78, 5) is 37.1. The summed E-state index contributed by atoms with van der Waals surface area (Å²) < 4.78 is 13.5. The Hall–Kier alpha value is -2.63. The second-order valence-corrected chi connectivity index (χ2v) is 11.1. The number of hydrogen-bond acceptors (Lipinski definition) is 7. The van der Waals surface area contributed by atoms with Crippen molar-refractivity contribution in [3.8, 4) is 11.5 Å². The number of benzene rings is 2. The zero-order valence-corrected chi connectivity index (χ0v) is 22.1. The Balaban J connectivity index is 1.81. The summed E-state index contributed by atoms with van der Waals surface area (Å²) in [7, 11) is 0. The fourth-order valence-electron chi connectivity index (χ4n) is 3.56. The van der Waals surface area contributed by atoms with E-state index in [9.17, 15) is 29.7 Å². The molecule has 0 spiro atoms. The minimum atomic E-state index is -2.90. The number of fused-ring (bicyclic) bond motifs is 1. The molecule has 3 N–H and O–H groups in total. The fourth-order valence-corrected chi connectivity index (χ4v) is 3.92. The fraction of sp³-hybridized carbons (Fsp3) is 0.348. The molecule has 37 heavy (non-hydrogen) atoms. The molecule has 3 rings (SSSR count). The van der Waals surface area contributed by atoms with Gasteiger partial charge in [0, 0.05) is 11.1 Å². The normalized spacial score (nSPS) is 15.5. The van der Waals surface area contributed by atoms with Gasteiger partial charge in [-0.15, -0.1) is 0 Å². The zero-order valence-electron chi connectivity index (χ0n) is 19.1. The highest BCUT2D eigenvalue weighted by Crippen LogP contribution is 2.40. The number of carboxylic acid groups (broad SMARTS) is 2. The number of aliphatic hydroxyl groups excluding tert-OH is 1. The molecule has 0 aliphatic carbocycles. The van der Waals surface area contributed by atoms with E-state index in [1.807, 2.05) is 0 Å². The van der Waals surface area contributed by atoms with Crippen molar-refractivity contribution in [1.82, 2.24) is 4.90 Å². The lowest BCUT2D eigenvalue weighted by Crippen LogP contribution is -2.54.